The monoisotopic (exact) mass is 212 g/mol. The molecule has 0 aliphatic carbocycles. The molecule has 2 heterocycles. The predicted molar refractivity (Wildman–Crippen MR) is 52.9 cm³/mol. The van der Waals surface area contributed by atoms with E-state index in [1.54, 1.807) is 6.20 Å². The molecular formula is C7H8N4S2. The van der Waals surface area contributed by atoms with Crippen LogP contribution < -0.4 is 5.32 Å². The van der Waals surface area contributed by atoms with E-state index in [9.17, 15) is 0 Å². The first-order valence-corrected chi connectivity index (χ1v) is 5.33. The first-order chi connectivity index (χ1) is 6.42. The molecule has 0 aromatic carbocycles. The average Bonchev–Trinajstić information content (AvgIpc) is 2.76. The van der Waals surface area contributed by atoms with Gasteiger partial charge in [0.25, 0.3) is 0 Å². The second kappa shape index (κ2) is 3.91. The van der Waals surface area contributed by atoms with E-state index in [-0.39, 0.29) is 6.04 Å². The van der Waals surface area contributed by atoms with Crippen LogP contribution >= 0.6 is 23.3 Å². The highest BCUT2D eigenvalue weighted by atomic mass is 32.1. The smallest absolute Gasteiger partial charge is 0.0974 e. The summed E-state index contributed by atoms with van der Waals surface area (Å²) in [5.41, 5.74) is 1.93. The minimum Gasteiger partial charge on any atom is -0.307 e. The van der Waals surface area contributed by atoms with Crippen molar-refractivity contribution in [2.75, 3.05) is 7.05 Å². The Morgan fingerprint density at radius 1 is 1.38 bits per heavy atom. The highest BCUT2D eigenvalue weighted by Gasteiger charge is 2.15. The molecule has 2 rings (SSSR count). The van der Waals surface area contributed by atoms with Crippen LogP contribution in [0, 0.1) is 0 Å². The standard InChI is InChI=1S/C7H8N4S2/c1-8-7(5-2-3-12-10-5)6-4-9-13-11-6/h2-4,7-8H,1H3. The summed E-state index contributed by atoms with van der Waals surface area (Å²) in [6, 6.07) is 2.07. The Balaban J connectivity index is 2.29. The lowest BCUT2D eigenvalue weighted by atomic mass is 10.1. The topological polar surface area (TPSA) is 50.7 Å². The third-order valence-corrected chi connectivity index (χ3v) is 2.78. The quantitative estimate of drug-likeness (QED) is 0.833. The van der Waals surface area contributed by atoms with Crippen LogP contribution in [0.15, 0.2) is 17.6 Å². The van der Waals surface area contributed by atoms with E-state index < -0.39 is 0 Å². The van der Waals surface area contributed by atoms with Crippen LogP contribution in [0.1, 0.15) is 17.4 Å². The highest BCUT2D eigenvalue weighted by molar-refractivity contribution is 7.03. The van der Waals surface area contributed by atoms with Crippen molar-refractivity contribution in [2.24, 2.45) is 0 Å². The Labute approximate surface area is 84.1 Å². The molecule has 0 radical (unpaired) electrons. The van der Waals surface area contributed by atoms with Crippen molar-refractivity contribution in [3.05, 3.63) is 29.0 Å². The van der Waals surface area contributed by atoms with Crippen molar-refractivity contribution in [1.29, 1.82) is 0 Å². The lowest BCUT2D eigenvalue weighted by molar-refractivity contribution is 0.664. The zero-order valence-corrected chi connectivity index (χ0v) is 8.60. The maximum Gasteiger partial charge on any atom is 0.0974 e. The van der Waals surface area contributed by atoms with Gasteiger partial charge in [-0.25, -0.2) is 0 Å². The van der Waals surface area contributed by atoms with Crippen molar-refractivity contribution in [3.8, 4) is 0 Å². The van der Waals surface area contributed by atoms with Crippen LogP contribution in [0.25, 0.3) is 0 Å². The van der Waals surface area contributed by atoms with Gasteiger partial charge in [0.1, 0.15) is 0 Å². The number of hydrogen-bond donors (Lipinski definition) is 1. The number of rotatable bonds is 3. The van der Waals surface area contributed by atoms with Gasteiger partial charge >= 0.3 is 0 Å². The van der Waals surface area contributed by atoms with Crippen molar-refractivity contribution in [2.45, 2.75) is 6.04 Å². The van der Waals surface area contributed by atoms with Gasteiger partial charge in [0.2, 0.25) is 0 Å². The lowest BCUT2D eigenvalue weighted by Crippen LogP contribution is -2.18. The predicted octanol–water partition coefficient (Wildman–Crippen LogP) is 1.30. The van der Waals surface area contributed by atoms with Crippen LogP contribution in [0.5, 0.6) is 0 Å². The zero-order valence-electron chi connectivity index (χ0n) is 6.97. The van der Waals surface area contributed by atoms with Gasteiger partial charge in [-0.05, 0) is 24.6 Å². The Hall–Kier alpha value is -0.850. The lowest BCUT2D eigenvalue weighted by Gasteiger charge is -2.09. The van der Waals surface area contributed by atoms with Crippen LogP contribution in [0.2, 0.25) is 0 Å². The summed E-state index contributed by atoms with van der Waals surface area (Å²) in [7, 11) is 1.89. The van der Waals surface area contributed by atoms with Crippen molar-refractivity contribution in [3.63, 3.8) is 0 Å². The first-order valence-electron chi connectivity index (χ1n) is 3.77. The van der Waals surface area contributed by atoms with E-state index in [4.69, 9.17) is 0 Å². The van der Waals surface area contributed by atoms with Crippen LogP contribution in [-0.2, 0) is 0 Å². The molecule has 13 heavy (non-hydrogen) atoms. The fourth-order valence-electron chi connectivity index (χ4n) is 1.12. The summed E-state index contributed by atoms with van der Waals surface area (Å²) >= 11 is 2.66. The van der Waals surface area contributed by atoms with E-state index >= 15 is 0 Å². The number of aromatic nitrogens is 3. The van der Waals surface area contributed by atoms with Crippen LogP contribution in [0.4, 0.5) is 0 Å². The molecule has 0 fully saturated rings. The second-order valence-corrected chi connectivity index (χ2v) is 3.70. The normalized spacial score (nSPS) is 13.0. The highest BCUT2D eigenvalue weighted by Crippen LogP contribution is 2.19. The summed E-state index contributed by atoms with van der Waals surface area (Å²) in [5.74, 6) is 0. The van der Waals surface area contributed by atoms with Gasteiger partial charge in [0.15, 0.2) is 0 Å². The number of nitrogens with one attached hydrogen (secondary N) is 1. The summed E-state index contributed by atoms with van der Waals surface area (Å²) < 4.78 is 12.4. The summed E-state index contributed by atoms with van der Waals surface area (Å²) in [6.45, 7) is 0. The molecule has 4 nitrogen and oxygen atoms in total. The largest absolute Gasteiger partial charge is 0.307 e. The molecule has 6 heteroatoms. The van der Waals surface area contributed by atoms with Gasteiger partial charge in [-0.3, -0.25) is 0 Å². The molecule has 1 N–H and O–H groups in total. The fourth-order valence-corrected chi connectivity index (χ4v) is 2.12. The molecule has 0 amide bonds. The maximum atomic E-state index is 4.26. The summed E-state index contributed by atoms with van der Waals surface area (Å²) in [6.07, 6.45) is 1.77. The molecule has 0 saturated heterocycles. The summed E-state index contributed by atoms with van der Waals surface area (Å²) in [5, 5.41) is 5.11. The van der Waals surface area contributed by atoms with Crippen molar-refractivity contribution >= 4 is 23.3 Å². The first kappa shape index (κ1) is 8.74. The average molecular weight is 212 g/mol. The molecule has 0 saturated carbocycles. The Kier molecular flexibility index (Phi) is 2.62. The minimum absolute atomic E-state index is 0.0741. The van der Waals surface area contributed by atoms with Crippen molar-refractivity contribution < 1.29 is 0 Å². The van der Waals surface area contributed by atoms with E-state index in [1.165, 1.54) is 23.3 Å². The van der Waals surface area contributed by atoms with Gasteiger partial charge in [0, 0.05) is 5.38 Å². The van der Waals surface area contributed by atoms with Crippen LogP contribution in [0.3, 0.4) is 0 Å². The Bertz CT molecular complexity index is 308. The second-order valence-electron chi connectivity index (χ2n) is 2.48. The van der Waals surface area contributed by atoms with Gasteiger partial charge in [-0.2, -0.15) is 13.1 Å². The third kappa shape index (κ3) is 1.74. The van der Waals surface area contributed by atoms with E-state index in [1.807, 2.05) is 18.5 Å². The SMILES string of the molecule is CNC(c1ccsn1)c1cnsn1. The molecule has 2 aromatic heterocycles. The molecule has 68 valence electrons. The van der Waals surface area contributed by atoms with Crippen molar-refractivity contribution in [1.82, 2.24) is 18.4 Å². The zero-order chi connectivity index (χ0) is 9.10. The number of nitrogens with zero attached hydrogens (tertiary/aromatic N) is 3. The van der Waals surface area contributed by atoms with E-state index in [0.717, 1.165) is 11.4 Å². The summed E-state index contributed by atoms with van der Waals surface area (Å²) in [4.78, 5) is 0. The van der Waals surface area contributed by atoms with Gasteiger partial charge in [0.05, 0.1) is 35.4 Å². The van der Waals surface area contributed by atoms with Gasteiger partial charge in [-0.15, -0.1) is 0 Å². The Morgan fingerprint density at radius 3 is 2.85 bits per heavy atom. The molecule has 1 atom stereocenters. The van der Waals surface area contributed by atoms with Gasteiger partial charge in [-0.1, -0.05) is 0 Å². The molecular weight excluding hydrogens is 204 g/mol. The molecule has 0 spiro atoms. The van der Waals surface area contributed by atoms with E-state index in [2.05, 4.69) is 18.4 Å². The molecule has 0 aliphatic heterocycles. The molecule has 0 bridgehead atoms. The maximum absolute atomic E-state index is 4.26. The third-order valence-electron chi connectivity index (χ3n) is 1.72. The minimum atomic E-state index is 0.0741. The molecule has 1 unspecified atom stereocenters. The number of hydrogen-bond acceptors (Lipinski definition) is 6. The Morgan fingerprint density at radius 2 is 2.31 bits per heavy atom. The van der Waals surface area contributed by atoms with Gasteiger partial charge < -0.3 is 5.32 Å². The molecule has 0 aliphatic rings. The molecule has 2 aromatic rings. The fraction of sp³-hybridized carbons (Fsp3) is 0.286. The van der Waals surface area contributed by atoms with Crippen LogP contribution in [-0.4, -0.2) is 20.2 Å². The van der Waals surface area contributed by atoms with E-state index in [0.29, 0.717) is 0 Å².